The Morgan fingerprint density at radius 2 is 2.27 bits per heavy atom. The van der Waals surface area contributed by atoms with E-state index >= 15 is 0 Å². The SMILES string of the molecule is Cl.O=C(Cn1nc2ccccn2c1=O)NCC1CNCC1O. The lowest BCUT2D eigenvalue weighted by Crippen LogP contribution is -2.38. The molecule has 2 atom stereocenters. The molecular formula is C13H18ClN5O3. The van der Waals surface area contributed by atoms with Crippen LogP contribution in [0.25, 0.3) is 5.65 Å². The maximum absolute atomic E-state index is 12.0. The van der Waals surface area contributed by atoms with Crippen molar-refractivity contribution in [1.29, 1.82) is 0 Å². The van der Waals surface area contributed by atoms with Gasteiger partial charge in [0.2, 0.25) is 5.91 Å². The van der Waals surface area contributed by atoms with E-state index in [2.05, 4.69) is 15.7 Å². The third-order valence-electron chi connectivity index (χ3n) is 3.65. The minimum atomic E-state index is -0.441. The highest BCUT2D eigenvalue weighted by Crippen LogP contribution is 2.06. The van der Waals surface area contributed by atoms with Gasteiger partial charge in [-0.1, -0.05) is 6.07 Å². The maximum atomic E-state index is 12.0. The highest BCUT2D eigenvalue weighted by atomic mass is 35.5. The van der Waals surface area contributed by atoms with Gasteiger partial charge in [-0.15, -0.1) is 17.5 Å². The maximum Gasteiger partial charge on any atom is 0.350 e. The fourth-order valence-electron chi connectivity index (χ4n) is 2.44. The topological polar surface area (TPSA) is 101 Å². The number of nitrogens with one attached hydrogen (secondary N) is 2. The van der Waals surface area contributed by atoms with Crippen LogP contribution in [0.2, 0.25) is 0 Å². The van der Waals surface area contributed by atoms with Crippen LogP contribution >= 0.6 is 12.4 Å². The van der Waals surface area contributed by atoms with E-state index in [1.54, 1.807) is 24.4 Å². The number of halogens is 1. The first-order valence-electron chi connectivity index (χ1n) is 6.85. The van der Waals surface area contributed by atoms with Crippen LogP contribution in [-0.4, -0.2) is 50.9 Å². The zero-order valence-corrected chi connectivity index (χ0v) is 12.6. The molecule has 9 heteroatoms. The normalized spacial score (nSPS) is 20.8. The number of amides is 1. The molecular weight excluding hydrogens is 310 g/mol. The van der Waals surface area contributed by atoms with Gasteiger partial charge < -0.3 is 15.7 Å². The molecule has 0 spiro atoms. The number of hydrogen-bond donors (Lipinski definition) is 3. The first kappa shape index (κ1) is 16.5. The third kappa shape index (κ3) is 3.29. The molecule has 1 amide bonds. The molecule has 3 N–H and O–H groups in total. The van der Waals surface area contributed by atoms with Crippen molar-refractivity contribution < 1.29 is 9.90 Å². The number of carbonyl (C=O) groups is 1. The van der Waals surface area contributed by atoms with Crippen LogP contribution in [0.4, 0.5) is 0 Å². The second kappa shape index (κ2) is 6.91. The smallest absolute Gasteiger partial charge is 0.350 e. The molecule has 2 aromatic rings. The number of β-amino-alcohol motifs (C(OH)–C–C–N with tert-alkyl or cyclic N) is 1. The Morgan fingerprint density at radius 1 is 1.45 bits per heavy atom. The van der Waals surface area contributed by atoms with E-state index in [-0.39, 0.29) is 36.5 Å². The Labute approximate surface area is 132 Å². The Balaban J connectivity index is 0.00000176. The van der Waals surface area contributed by atoms with Gasteiger partial charge in [0, 0.05) is 31.7 Å². The van der Waals surface area contributed by atoms with Crippen molar-refractivity contribution in [2.75, 3.05) is 19.6 Å². The Morgan fingerprint density at radius 3 is 2.95 bits per heavy atom. The molecule has 0 aromatic carbocycles. The minimum absolute atomic E-state index is 0. The first-order chi connectivity index (χ1) is 10.1. The second-order valence-corrected chi connectivity index (χ2v) is 5.16. The molecule has 0 aliphatic carbocycles. The lowest BCUT2D eigenvalue weighted by molar-refractivity contribution is -0.122. The molecule has 0 saturated carbocycles. The van der Waals surface area contributed by atoms with E-state index in [1.165, 1.54) is 4.40 Å². The number of rotatable bonds is 4. The van der Waals surface area contributed by atoms with Crippen molar-refractivity contribution in [1.82, 2.24) is 24.8 Å². The van der Waals surface area contributed by atoms with Crippen molar-refractivity contribution in [2.24, 2.45) is 5.92 Å². The lowest BCUT2D eigenvalue weighted by Gasteiger charge is -2.13. The third-order valence-corrected chi connectivity index (χ3v) is 3.65. The van der Waals surface area contributed by atoms with E-state index in [1.807, 2.05) is 0 Å². The van der Waals surface area contributed by atoms with Crippen LogP contribution < -0.4 is 16.3 Å². The zero-order chi connectivity index (χ0) is 14.8. The summed E-state index contributed by atoms with van der Waals surface area (Å²) < 4.78 is 2.52. The first-order valence-corrected chi connectivity index (χ1v) is 6.85. The van der Waals surface area contributed by atoms with E-state index in [0.29, 0.717) is 25.3 Å². The summed E-state index contributed by atoms with van der Waals surface area (Å²) in [6.07, 6.45) is 1.17. The van der Waals surface area contributed by atoms with Crippen LogP contribution in [-0.2, 0) is 11.3 Å². The van der Waals surface area contributed by atoms with Gasteiger partial charge in [-0.3, -0.25) is 9.20 Å². The summed E-state index contributed by atoms with van der Waals surface area (Å²) in [5.74, 6) is -0.286. The molecule has 2 unspecified atom stereocenters. The van der Waals surface area contributed by atoms with Gasteiger partial charge in [0.05, 0.1) is 6.10 Å². The van der Waals surface area contributed by atoms with Crippen molar-refractivity contribution >= 4 is 24.0 Å². The van der Waals surface area contributed by atoms with E-state index in [9.17, 15) is 14.7 Å². The molecule has 8 nitrogen and oxygen atoms in total. The molecule has 1 aliphatic rings. The number of aliphatic hydroxyl groups excluding tert-OH is 1. The number of aliphatic hydroxyl groups is 1. The Hall–Kier alpha value is -1.90. The van der Waals surface area contributed by atoms with E-state index in [4.69, 9.17) is 0 Å². The van der Waals surface area contributed by atoms with Crippen molar-refractivity contribution in [3.05, 3.63) is 34.9 Å². The lowest BCUT2D eigenvalue weighted by atomic mass is 10.1. The van der Waals surface area contributed by atoms with Crippen molar-refractivity contribution in [3.8, 4) is 0 Å². The molecule has 22 heavy (non-hydrogen) atoms. The van der Waals surface area contributed by atoms with Gasteiger partial charge in [0.1, 0.15) is 6.54 Å². The fraction of sp³-hybridized carbons (Fsp3) is 0.462. The Kier molecular flexibility index (Phi) is 5.17. The van der Waals surface area contributed by atoms with Crippen LogP contribution in [0.5, 0.6) is 0 Å². The highest BCUT2D eigenvalue weighted by Gasteiger charge is 2.25. The van der Waals surface area contributed by atoms with Crippen molar-refractivity contribution in [3.63, 3.8) is 0 Å². The standard InChI is InChI=1S/C13H17N5O3.ClH/c19-10-7-14-5-9(10)6-15-12(20)8-18-13(21)17-4-2-1-3-11(17)16-18;/h1-4,9-10,14,19H,5-8H2,(H,15,20);1H. The number of nitrogens with zero attached hydrogens (tertiary/aromatic N) is 3. The monoisotopic (exact) mass is 327 g/mol. The molecule has 1 saturated heterocycles. The fourth-order valence-corrected chi connectivity index (χ4v) is 2.44. The molecule has 1 aliphatic heterocycles. The quantitative estimate of drug-likeness (QED) is 0.642. The average molecular weight is 328 g/mol. The van der Waals surface area contributed by atoms with Gasteiger partial charge in [-0.05, 0) is 12.1 Å². The summed E-state index contributed by atoms with van der Waals surface area (Å²) in [6.45, 7) is 1.48. The number of carbonyl (C=O) groups excluding carboxylic acids is 1. The molecule has 2 aromatic heterocycles. The summed E-state index contributed by atoms with van der Waals surface area (Å²) in [5, 5.41) is 19.5. The second-order valence-electron chi connectivity index (χ2n) is 5.16. The molecule has 0 bridgehead atoms. The van der Waals surface area contributed by atoms with E-state index in [0.717, 1.165) is 4.68 Å². The van der Waals surface area contributed by atoms with Crippen molar-refractivity contribution in [2.45, 2.75) is 12.6 Å². The molecule has 120 valence electrons. The van der Waals surface area contributed by atoms with Gasteiger partial charge in [0.15, 0.2) is 5.65 Å². The highest BCUT2D eigenvalue weighted by molar-refractivity contribution is 5.85. The summed E-state index contributed by atoms with van der Waals surface area (Å²) in [7, 11) is 0. The van der Waals surface area contributed by atoms with Crippen LogP contribution in [0.3, 0.4) is 0 Å². The van der Waals surface area contributed by atoms with Crippen LogP contribution in [0.1, 0.15) is 0 Å². The number of fused-ring (bicyclic) bond motifs is 1. The summed E-state index contributed by atoms with van der Waals surface area (Å²) >= 11 is 0. The van der Waals surface area contributed by atoms with Gasteiger partial charge >= 0.3 is 5.69 Å². The zero-order valence-electron chi connectivity index (χ0n) is 11.8. The van der Waals surface area contributed by atoms with E-state index < -0.39 is 6.10 Å². The Bertz CT molecular complexity index is 713. The average Bonchev–Trinajstić information content (AvgIpc) is 3.02. The number of hydrogen-bond acceptors (Lipinski definition) is 5. The summed E-state index contributed by atoms with van der Waals surface area (Å²) in [5.41, 5.74) is 0.161. The van der Waals surface area contributed by atoms with Gasteiger partial charge in [-0.25, -0.2) is 9.48 Å². The van der Waals surface area contributed by atoms with Gasteiger partial charge in [-0.2, -0.15) is 0 Å². The minimum Gasteiger partial charge on any atom is -0.391 e. The molecule has 3 heterocycles. The predicted octanol–water partition coefficient (Wildman–Crippen LogP) is -1.39. The van der Waals surface area contributed by atoms with Crippen LogP contribution in [0, 0.1) is 5.92 Å². The summed E-state index contributed by atoms with van der Waals surface area (Å²) in [4.78, 5) is 23.9. The largest absolute Gasteiger partial charge is 0.391 e. The van der Waals surface area contributed by atoms with Gasteiger partial charge in [0.25, 0.3) is 0 Å². The molecule has 1 fully saturated rings. The number of aromatic nitrogens is 3. The van der Waals surface area contributed by atoms with Crippen LogP contribution in [0.15, 0.2) is 29.2 Å². The predicted molar refractivity (Wildman–Crippen MR) is 82.1 cm³/mol. The number of pyridine rings is 1. The summed E-state index contributed by atoms with van der Waals surface area (Å²) in [6, 6.07) is 5.21. The molecule has 3 rings (SSSR count). The molecule has 0 radical (unpaired) electrons.